The molecule has 0 aliphatic carbocycles. The fraction of sp³-hybridized carbons (Fsp3) is 0.400. The van der Waals surface area contributed by atoms with Crippen LogP contribution in [0.25, 0.3) is 0 Å². The maximum Gasteiger partial charge on any atom is 0.522 e. The van der Waals surface area contributed by atoms with Crippen molar-refractivity contribution in [2.75, 3.05) is 13.2 Å². The van der Waals surface area contributed by atoms with Gasteiger partial charge in [0.25, 0.3) is 0 Å². The average Bonchev–Trinajstić information content (AvgIpc) is 2.16. The second-order valence-electron chi connectivity index (χ2n) is 3.05. The van der Waals surface area contributed by atoms with E-state index in [9.17, 15) is 17.6 Å². The molecule has 0 saturated carbocycles. The van der Waals surface area contributed by atoms with Gasteiger partial charge in [-0.2, -0.15) is 0 Å². The molecule has 0 bridgehead atoms. The molecule has 0 amide bonds. The summed E-state index contributed by atoms with van der Waals surface area (Å²) in [5.41, 5.74) is 0.647. The van der Waals surface area contributed by atoms with Gasteiger partial charge >= 0.3 is 6.36 Å². The van der Waals surface area contributed by atoms with Gasteiger partial charge < -0.3 is 4.74 Å². The van der Waals surface area contributed by atoms with Crippen molar-refractivity contribution in [1.82, 2.24) is 0 Å². The van der Waals surface area contributed by atoms with Crippen molar-refractivity contribution in [2.45, 2.75) is 13.3 Å². The number of alkyl halides is 3. The van der Waals surface area contributed by atoms with Crippen molar-refractivity contribution in [1.29, 1.82) is 0 Å². The third-order valence-corrected chi connectivity index (χ3v) is 1.76. The third kappa shape index (κ3) is 4.48. The molecule has 90 valence electrons. The zero-order valence-corrected chi connectivity index (χ0v) is 8.47. The summed E-state index contributed by atoms with van der Waals surface area (Å²) in [5.74, 6) is -0.289. The summed E-state index contributed by atoms with van der Waals surface area (Å²) in [6.45, 7) is 0.753. The van der Waals surface area contributed by atoms with Gasteiger partial charge in [-0.3, -0.25) is 4.74 Å². The van der Waals surface area contributed by atoms with E-state index in [1.165, 1.54) is 12.1 Å². The number of hydrogen-bond donors (Lipinski definition) is 0. The molecular formula is C10H10F4O2. The van der Waals surface area contributed by atoms with E-state index in [0.717, 1.165) is 6.07 Å². The van der Waals surface area contributed by atoms with E-state index in [1.54, 1.807) is 6.92 Å². The molecule has 0 heterocycles. The van der Waals surface area contributed by atoms with Crippen LogP contribution >= 0.6 is 0 Å². The Hall–Kier alpha value is -1.30. The van der Waals surface area contributed by atoms with Crippen LogP contribution in [0.15, 0.2) is 18.2 Å². The molecular weight excluding hydrogens is 228 g/mol. The molecule has 0 N–H and O–H groups in total. The van der Waals surface area contributed by atoms with Crippen LogP contribution < -0.4 is 4.74 Å². The maximum absolute atomic E-state index is 12.8. The smallest absolute Gasteiger partial charge is 0.491 e. The second kappa shape index (κ2) is 5.16. The van der Waals surface area contributed by atoms with E-state index >= 15 is 0 Å². The maximum atomic E-state index is 12.8. The first-order valence-corrected chi connectivity index (χ1v) is 4.48. The summed E-state index contributed by atoms with van der Waals surface area (Å²) >= 11 is 0. The molecule has 1 aromatic rings. The van der Waals surface area contributed by atoms with Crippen molar-refractivity contribution in [2.24, 2.45) is 0 Å². The van der Waals surface area contributed by atoms with Crippen molar-refractivity contribution >= 4 is 0 Å². The van der Waals surface area contributed by atoms with E-state index in [0.29, 0.717) is 5.56 Å². The molecule has 0 aliphatic heterocycles. The van der Waals surface area contributed by atoms with Crippen LogP contribution in [-0.4, -0.2) is 19.6 Å². The Kier molecular flexibility index (Phi) is 4.12. The van der Waals surface area contributed by atoms with Gasteiger partial charge in [0, 0.05) is 6.07 Å². The molecule has 0 atom stereocenters. The van der Waals surface area contributed by atoms with E-state index in [1.807, 2.05) is 0 Å². The van der Waals surface area contributed by atoms with Crippen LogP contribution in [0.5, 0.6) is 5.75 Å². The minimum Gasteiger partial charge on any atom is -0.491 e. The van der Waals surface area contributed by atoms with Gasteiger partial charge in [-0.15, -0.1) is 13.2 Å². The van der Waals surface area contributed by atoms with Crippen molar-refractivity contribution < 1.29 is 27.0 Å². The van der Waals surface area contributed by atoms with Crippen LogP contribution in [0.1, 0.15) is 5.56 Å². The normalized spacial score (nSPS) is 11.6. The van der Waals surface area contributed by atoms with Gasteiger partial charge in [0.05, 0.1) is 6.61 Å². The molecule has 0 spiro atoms. The first-order valence-electron chi connectivity index (χ1n) is 4.48. The summed E-state index contributed by atoms with van der Waals surface area (Å²) < 4.78 is 56.0. The predicted molar refractivity (Wildman–Crippen MR) is 48.6 cm³/mol. The van der Waals surface area contributed by atoms with Crippen molar-refractivity contribution in [3.8, 4) is 5.75 Å². The minimum absolute atomic E-state index is 0.214. The molecule has 0 fully saturated rings. The van der Waals surface area contributed by atoms with Gasteiger partial charge in [-0.25, -0.2) is 4.39 Å². The van der Waals surface area contributed by atoms with Crippen LogP contribution in [0.2, 0.25) is 0 Å². The van der Waals surface area contributed by atoms with Crippen LogP contribution in [-0.2, 0) is 4.74 Å². The molecule has 0 saturated heterocycles. The third-order valence-electron chi connectivity index (χ3n) is 1.76. The lowest BCUT2D eigenvalue weighted by molar-refractivity contribution is -0.325. The highest BCUT2D eigenvalue weighted by Gasteiger charge is 2.28. The number of hydrogen-bond acceptors (Lipinski definition) is 2. The van der Waals surface area contributed by atoms with Gasteiger partial charge in [-0.1, -0.05) is 6.07 Å². The standard InChI is InChI=1S/C10H10F4O2/c1-7-2-3-8(11)6-9(7)15-4-5-16-10(12,13)14/h2-3,6H,4-5H2,1H3. The minimum atomic E-state index is -4.67. The molecule has 0 aromatic heterocycles. The summed E-state index contributed by atoms with van der Waals surface area (Å²) in [7, 11) is 0. The summed E-state index contributed by atoms with van der Waals surface area (Å²) in [4.78, 5) is 0. The monoisotopic (exact) mass is 238 g/mol. The molecule has 0 radical (unpaired) electrons. The van der Waals surface area contributed by atoms with Crippen LogP contribution in [0.4, 0.5) is 17.6 Å². The quantitative estimate of drug-likeness (QED) is 0.593. The topological polar surface area (TPSA) is 18.5 Å². The van der Waals surface area contributed by atoms with Crippen LogP contribution in [0.3, 0.4) is 0 Å². The van der Waals surface area contributed by atoms with Crippen LogP contribution in [0, 0.1) is 12.7 Å². The summed E-state index contributed by atoms with van der Waals surface area (Å²) in [5, 5.41) is 0. The van der Waals surface area contributed by atoms with Crippen molar-refractivity contribution in [3.05, 3.63) is 29.6 Å². The lowest BCUT2D eigenvalue weighted by Crippen LogP contribution is -2.18. The Morgan fingerprint density at radius 1 is 1.19 bits per heavy atom. The van der Waals surface area contributed by atoms with E-state index < -0.39 is 18.8 Å². The molecule has 0 unspecified atom stereocenters. The predicted octanol–water partition coefficient (Wildman–Crippen LogP) is 3.05. The van der Waals surface area contributed by atoms with E-state index in [-0.39, 0.29) is 12.4 Å². The first-order chi connectivity index (χ1) is 7.38. The number of aryl methyl sites for hydroxylation is 1. The summed E-state index contributed by atoms with van der Waals surface area (Å²) in [6.07, 6.45) is -4.67. The average molecular weight is 238 g/mol. The van der Waals surface area contributed by atoms with E-state index in [4.69, 9.17) is 4.74 Å². The second-order valence-corrected chi connectivity index (χ2v) is 3.05. The number of benzene rings is 1. The highest BCUT2D eigenvalue weighted by atomic mass is 19.4. The lowest BCUT2D eigenvalue weighted by atomic mass is 10.2. The summed E-state index contributed by atoms with van der Waals surface area (Å²) in [6, 6.07) is 3.84. The highest BCUT2D eigenvalue weighted by molar-refractivity contribution is 5.32. The zero-order valence-electron chi connectivity index (χ0n) is 8.47. The molecule has 1 rings (SSSR count). The molecule has 2 nitrogen and oxygen atoms in total. The Morgan fingerprint density at radius 3 is 2.50 bits per heavy atom. The molecule has 1 aromatic carbocycles. The Morgan fingerprint density at radius 2 is 1.88 bits per heavy atom. The number of halogens is 4. The fourth-order valence-electron chi connectivity index (χ4n) is 1.04. The van der Waals surface area contributed by atoms with Gasteiger partial charge in [0.2, 0.25) is 0 Å². The molecule has 0 aliphatic rings. The number of ether oxygens (including phenoxy) is 2. The lowest BCUT2D eigenvalue weighted by Gasteiger charge is -2.10. The largest absolute Gasteiger partial charge is 0.522 e. The Labute approximate surface area is 89.8 Å². The SMILES string of the molecule is Cc1ccc(F)cc1OCCOC(F)(F)F. The Balaban J connectivity index is 2.40. The molecule has 6 heteroatoms. The van der Waals surface area contributed by atoms with Gasteiger partial charge in [0.1, 0.15) is 18.2 Å². The van der Waals surface area contributed by atoms with Gasteiger partial charge in [0.15, 0.2) is 0 Å². The Bertz CT molecular complexity index is 349. The van der Waals surface area contributed by atoms with Crippen molar-refractivity contribution in [3.63, 3.8) is 0 Å². The number of rotatable bonds is 4. The molecule has 16 heavy (non-hydrogen) atoms. The first kappa shape index (κ1) is 12.8. The van der Waals surface area contributed by atoms with Gasteiger partial charge in [-0.05, 0) is 18.6 Å². The zero-order chi connectivity index (χ0) is 12.2. The van der Waals surface area contributed by atoms with E-state index in [2.05, 4.69) is 4.74 Å². The fourth-order valence-corrected chi connectivity index (χ4v) is 1.04. The highest BCUT2D eigenvalue weighted by Crippen LogP contribution is 2.19.